The third-order valence-electron chi connectivity index (χ3n) is 10.4. The van der Waals surface area contributed by atoms with Crippen LogP contribution < -0.4 is 10.6 Å². The second-order valence-electron chi connectivity index (χ2n) is 13.5. The maximum absolute atomic E-state index is 14.0. The summed E-state index contributed by atoms with van der Waals surface area (Å²) in [6.07, 6.45) is 12.0. The predicted molar refractivity (Wildman–Crippen MR) is 187 cm³/mol. The monoisotopic (exact) mass is 643 g/mol. The Kier molecular flexibility index (Phi) is 8.73. The Morgan fingerprint density at radius 3 is 2.42 bits per heavy atom. The number of nitrogens with one attached hydrogen (secondary N) is 2. The van der Waals surface area contributed by atoms with Gasteiger partial charge in [0.2, 0.25) is 5.91 Å². The highest BCUT2D eigenvalue weighted by Crippen LogP contribution is 2.46. The van der Waals surface area contributed by atoms with Crippen molar-refractivity contribution < 1.29 is 23.9 Å². The normalized spacial score (nSPS) is 17.5. The first-order valence-electron chi connectivity index (χ1n) is 17.1. The van der Waals surface area contributed by atoms with Gasteiger partial charge in [-0.3, -0.25) is 14.4 Å². The minimum absolute atomic E-state index is 0.150. The standard InChI is InChI=1S/C40H41N3O5/c1-48-35(45)20-15-26-13-17-30(18-14-26)41-39(47)40(21-7-8-22-40)42-38(46)29-16-19-33-34(24-29)43-25-31(44)23-28-11-5-6-12-32(28)37(43)36(33)27-9-3-2-4-10-27/h5-6,11-20,24,27H,2-4,7-10,21-23,25H2,1H3,(H,41,47)(H,42,46)/b20-15+. The number of carbonyl (C=O) groups is 4. The van der Waals surface area contributed by atoms with Gasteiger partial charge >= 0.3 is 5.97 Å². The summed E-state index contributed by atoms with van der Waals surface area (Å²) in [4.78, 5) is 52.5. The van der Waals surface area contributed by atoms with E-state index in [1.54, 1.807) is 30.3 Å². The molecule has 246 valence electrons. The Balaban J connectivity index is 1.19. The number of amides is 2. The van der Waals surface area contributed by atoms with E-state index >= 15 is 0 Å². The number of esters is 1. The van der Waals surface area contributed by atoms with Gasteiger partial charge in [-0.25, -0.2) is 4.79 Å². The number of anilines is 1. The van der Waals surface area contributed by atoms with Crippen LogP contribution in [0.5, 0.6) is 0 Å². The maximum atomic E-state index is 14.0. The van der Waals surface area contributed by atoms with Crippen molar-refractivity contribution in [3.8, 4) is 11.3 Å². The Labute approximate surface area is 280 Å². The Morgan fingerprint density at radius 2 is 1.67 bits per heavy atom. The van der Waals surface area contributed by atoms with Crippen molar-refractivity contribution in [3.05, 3.63) is 95.1 Å². The van der Waals surface area contributed by atoms with Gasteiger partial charge in [0.1, 0.15) is 5.54 Å². The molecule has 0 atom stereocenters. The summed E-state index contributed by atoms with van der Waals surface area (Å²) in [6.45, 7) is 0.266. The molecule has 1 aliphatic heterocycles. The third-order valence-corrected chi connectivity index (χ3v) is 10.4. The van der Waals surface area contributed by atoms with Crippen molar-refractivity contribution in [2.75, 3.05) is 12.4 Å². The fourth-order valence-corrected chi connectivity index (χ4v) is 7.96. The van der Waals surface area contributed by atoms with Crippen LogP contribution in [0.1, 0.15) is 90.8 Å². The molecule has 3 aromatic carbocycles. The number of ether oxygens (including phenoxy) is 1. The number of aromatic nitrogens is 1. The van der Waals surface area contributed by atoms with Crippen LogP contribution in [0.15, 0.2) is 72.8 Å². The Morgan fingerprint density at radius 1 is 0.917 bits per heavy atom. The van der Waals surface area contributed by atoms with Crippen LogP contribution >= 0.6 is 0 Å². The van der Waals surface area contributed by atoms with Gasteiger partial charge in [0.25, 0.3) is 5.91 Å². The largest absolute Gasteiger partial charge is 0.466 e. The predicted octanol–water partition coefficient (Wildman–Crippen LogP) is 7.35. The molecule has 48 heavy (non-hydrogen) atoms. The minimum Gasteiger partial charge on any atom is -0.466 e. The lowest BCUT2D eigenvalue weighted by Crippen LogP contribution is -2.55. The smallest absolute Gasteiger partial charge is 0.330 e. The van der Waals surface area contributed by atoms with E-state index in [0.29, 0.717) is 36.4 Å². The molecule has 2 aliphatic carbocycles. The van der Waals surface area contributed by atoms with Crippen LogP contribution in [0.4, 0.5) is 5.69 Å². The number of hydrogen-bond acceptors (Lipinski definition) is 5. The van der Waals surface area contributed by atoms with Crippen LogP contribution in [0.25, 0.3) is 28.2 Å². The molecule has 2 fully saturated rings. The Hall–Kier alpha value is -4.98. The topological polar surface area (TPSA) is 106 Å². The number of methoxy groups -OCH3 is 1. The van der Waals surface area contributed by atoms with Gasteiger partial charge in [-0.05, 0) is 78.6 Å². The summed E-state index contributed by atoms with van der Waals surface area (Å²) in [7, 11) is 1.32. The van der Waals surface area contributed by atoms with Crippen molar-refractivity contribution in [2.24, 2.45) is 0 Å². The van der Waals surface area contributed by atoms with Crippen LogP contribution in [-0.2, 0) is 32.1 Å². The molecule has 0 unspecified atom stereocenters. The zero-order valence-electron chi connectivity index (χ0n) is 27.3. The molecular weight excluding hydrogens is 602 g/mol. The Bertz CT molecular complexity index is 1920. The van der Waals surface area contributed by atoms with Crippen molar-refractivity contribution in [2.45, 2.75) is 82.2 Å². The first kappa shape index (κ1) is 31.6. The first-order valence-corrected chi connectivity index (χ1v) is 17.1. The number of fused-ring (bicyclic) bond motifs is 5. The zero-order chi connectivity index (χ0) is 33.3. The van der Waals surface area contributed by atoms with Crippen molar-refractivity contribution in [1.82, 2.24) is 9.88 Å². The van der Waals surface area contributed by atoms with Gasteiger partial charge in [-0.1, -0.05) is 74.6 Å². The molecular formula is C40H41N3O5. The molecule has 4 aromatic rings. The van der Waals surface area contributed by atoms with E-state index in [0.717, 1.165) is 59.0 Å². The number of carbonyl (C=O) groups excluding carboxylic acids is 4. The highest BCUT2D eigenvalue weighted by atomic mass is 16.5. The molecule has 2 amide bonds. The van der Waals surface area contributed by atoms with E-state index in [2.05, 4.69) is 38.1 Å². The molecule has 2 saturated carbocycles. The fourth-order valence-electron chi connectivity index (χ4n) is 7.96. The van der Waals surface area contributed by atoms with Gasteiger partial charge in [-0.2, -0.15) is 0 Å². The lowest BCUT2D eigenvalue weighted by molar-refractivity contribution is -0.134. The van der Waals surface area contributed by atoms with E-state index in [1.165, 1.54) is 38.0 Å². The van der Waals surface area contributed by atoms with Crippen LogP contribution in [0, 0.1) is 0 Å². The number of Topliss-reactive ketones (excluding diaryl/α,β-unsaturated/α-hetero) is 1. The van der Waals surface area contributed by atoms with Crippen LogP contribution in [0.3, 0.4) is 0 Å². The fraction of sp³-hybridized carbons (Fsp3) is 0.350. The number of hydrogen-bond donors (Lipinski definition) is 2. The molecule has 0 saturated heterocycles. The van der Waals surface area contributed by atoms with Gasteiger partial charge < -0.3 is 19.9 Å². The summed E-state index contributed by atoms with van der Waals surface area (Å²) < 4.78 is 6.79. The second-order valence-corrected chi connectivity index (χ2v) is 13.5. The summed E-state index contributed by atoms with van der Waals surface area (Å²) in [5.41, 5.74) is 6.32. The highest BCUT2D eigenvalue weighted by Gasteiger charge is 2.43. The molecule has 1 aromatic heterocycles. The second kappa shape index (κ2) is 13.3. The molecule has 0 bridgehead atoms. The lowest BCUT2D eigenvalue weighted by atomic mass is 9.81. The molecule has 0 spiro atoms. The first-order chi connectivity index (χ1) is 23.3. The molecule has 8 heteroatoms. The number of nitrogens with zero attached hydrogens (tertiary/aromatic N) is 1. The summed E-state index contributed by atoms with van der Waals surface area (Å²) in [6, 6.07) is 21.2. The zero-order valence-corrected chi connectivity index (χ0v) is 27.3. The van der Waals surface area contributed by atoms with Crippen molar-refractivity contribution >= 4 is 46.2 Å². The summed E-state index contributed by atoms with van der Waals surface area (Å²) in [5.74, 6) is -0.432. The maximum Gasteiger partial charge on any atom is 0.330 e. The van der Waals surface area contributed by atoms with E-state index in [1.807, 2.05) is 24.3 Å². The van der Waals surface area contributed by atoms with Crippen molar-refractivity contribution in [1.29, 1.82) is 0 Å². The van der Waals surface area contributed by atoms with E-state index in [4.69, 9.17) is 0 Å². The van der Waals surface area contributed by atoms with Gasteiger partial charge in [0.05, 0.1) is 19.3 Å². The van der Waals surface area contributed by atoms with E-state index in [-0.39, 0.29) is 24.1 Å². The average molecular weight is 644 g/mol. The highest BCUT2D eigenvalue weighted by molar-refractivity contribution is 6.06. The molecule has 8 nitrogen and oxygen atoms in total. The van der Waals surface area contributed by atoms with Crippen LogP contribution in [-0.4, -0.2) is 40.8 Å². The number of rotatable bonds is 7. The number of benzene rings is 3. The van der Waals surface area contributed by atoms with Gasteiger partial charge in [0.15, 0.2) is 5.78 Å². The number of ketones is 1. The quantitative estimate of drug-likeness (QED) is 0.162. The lowest BCUT2D eigenvalue weighted by Gasteiger charge is -2.29. The van der Waals surface area contributed by atoms with Gasteiger partial charge in [-0.15, -0.1) is 0 Å². The van der Waals surface area contributed by atoms with Gasteiger partial charge in [0, 0.05) is 40.2 Å². The average Bonchev–Trinajstić information content (AvgIpc) is 3.67. The van der Waals surface area contributed by atoms with E-state index < -0.39 is 11.5 Å². The van der Waals surface area contributed by atoms with Crippen LogP contribution in [0.2, 0.25) is 0 Å². The summed E-state index contributed by atoms with van der Waals surface area (Å²) in [5, 5.41) is 7.25. The SMILES string of the molecule is COC(=O)/C=C/c1ccc(NC(=O)C2(NC(=O)c3ccc4c(C5CCCCC5)c5n(c4c3)CC(=O)Cc3ccccc3-5)CCCC2)cc1. The minimum atomic E-state index is -1.03. The molecule has 0 radical (unpaired) electrons. The van der Waals surface area contributed by atoms with E-state index in [9.17, 15) is 19.2 Å². The molecule has 3 aliphatic rings. The molecule has 2 N–H and O–H groups in total. The molecule has 2 heterocycles. The molecule has 7 rings (SSSR count). The summed E-state index contributed by atoms with van der Waals surface area (Å²) >= 11 is 0. The third kappa shape index (κ3) is 6.07. The van der Waals surface area contributed by atoms with Crippen molar-refractivity contribution in [3.63, 3.8) is 0 Å².